The Morgan fingerprint density at radius 3 is 1.87 bits per heavy atom. The van der Waals surface area contributed by atoms with Gasteiger partial charge in [-0.2, -0.15) is 0 Å². The van der Waals surface area contributed by atoms with Crippen LogP contribution in [-0.4, -0.2) is 4.57 Å². The lowest BCUT2D eigenvalue weighted by Gasteiger charge is -2.30. The maximum atomic E-state index is 6.32. The maximum Gasteiger partial charge on any atom is 0.135 e. The number of anilines is 3. The first kappa shape index (κ1) is 33.4. The van der Waals surface area contributed by atoms with Crippen LogP contribution in [0.5, 0.6) is 0 Å². The molecule has 2 heterocycles. The zero-order valence-corrected chi connectivity index (χ0v) is 32.8. The van der Waals surface area contributed by atoms with Gasteiger partial charge in [-0.25, -0.2) is 0 Å². The van der Waals surface area contributed by atoms with Crippen molar-refractivity contribution in [1.82, 2.24) is 4.57 Å². The van der Waals surface area contributed by atoms with Gasteiger partial charge in [0.15, 0.2) is 0 Å². The smallest absolute Gasteiger partial charge is 0.135 e. The molecule has 0 aliphatic heterocycles. The second-order valence-electron chi connectivity index (χ2n) is 16.6. The van der Waals surface area contributed by atoms with Crippen LogP contribution >= 0.6 is 0 Å². The van der Waals surface area contributed by atoms with Crippen LogP contribution in [-0.2, 0) is 18.3 Å². The van der Waals surface area contributed by atoms with E-state index < -0.39 is 0 Å². The highest BCUT2D eigenvalue weighted by Crippen LogP contribution is 2.56. The molecule has 0 N–H and O–H groups in total. The number of para-hydroxylation sites is 3. The summed E-state index contributed by atoms with van der Waals surface area (Å²) in [4.78, 5) is 2.43. The molecule has 3 heteroatoms. The molecule has 0 radical (unpaired) electrons. The number of hydrogen-bond acceptors (Lipinski definition) is 2. The second-order valence-corrected chi connectivity index (χ2v) is 16.6. The summed E-state index contributed by atoms with van der Waals surface area (Å²) >= 11 is 0. The summed E-state index contributed by atoms with van der Waals surface area (Å²) in [5.74, 6) is 0. The molecule has 11 aromatic rings. The van der Waals surface area contributed by atoms with Gasteiger partial charge < -0.3 is 13.9 Å². The minimum atomic E-state index is -0.104. The number of benzene rings is 9. The van der Waals surface area contributed by atoms with E-state index in [2.05, 4.69) is 210 Å². The van der Waals surface area contributed by atoms with Crippen molar-refractivity contribution in [3.63, 3.8) is 0 Å². The SMILES string of the molecule is c1ccc(-n2c3ccccc3c3ccc(-c4ccc(N(c5ccc6c(c5)C5(Cc7ccccc7C5)c5ccccc5-6)c5ccc6oc7ccccc7c6c5)cc4)cc32)cc1. The zero-order chi connectivity index (χ0) is 39.4. The summed E-state index contributed by atoms with van der Waals surface area (Å²) in [6.07, 6.45) is 2.01. The van der Waals surface area contributed by atoms with Crippen LogP contribution in [0.4, 0.5) is 17.1 Å². The van der Waals surface area contributed by atoms with Crippen LogP contribution in [0, 0.1) is 0 Å². The van der Waals surface area contributed by atoms with Crippen LogP contribution in [0.15, 0.2) is 211 Å². The highest BCUT2D eigenvalue weighted by molar-refractivity contribution is 6.10. The molecule has 3 nitrogen and oxygen atoms in total. The van der Waals surface area contributed by atoms with Crippen LogP contribution in [0.25, 0.3) is 71.7 Å². The number of furan rings is 1. The fourth-order valence-corrected chi connectivity index (χ4v) is 10.7. The minimum absolute atomic E-state index is 0.104. The van der Waals surface area contributed by atoms with Gasteiger partial charge in [0.1, 0.15) is 11.2 Å². The molecular formula is C57H38N2O. The molecule has 0 atom stereocenters. The molecule has 1 spiro atoms. The highest BCUT2D eigenvalue weighted by atomic mass is 16.3. The third-order valence-electron chi connectivity index (χ3n) is 13.4. The van der Waals surface area contributed by atoms with Crippen molar-refractivity contribution in [2.75, 3.05) is 4.90 Å². The molecule has 60 heavy (non-hydrogen) atoms. The van der Waals surface area contributed by atoms with E-state index in [0.717, 1.165) is 57.5 Å². The van der Waals surface area contributed by atoms with Gasteiger partial charge in [-0.3, -0.25) is 0 Å². The first-order valence-corrected chi connectivity index (χ1v) is 20.9. The minimum Gasteiger partial charge on any atom is -0.456 e. The molecule has 0 unspecified atom stereocenters. The average molecular weight is 767 g/mol. The molecule has 2 aromatic heterocycles. The van der Waals surface area contributed by atoms with Crippen molar-refractivity contribution in [3.05, 3.63) is 229 Å². The van der Waals surface area contributed by atoms with Crippen molar-refractivity contribution in [3.8, 4) is 27.9 Å². The lowest BCUT2D eigenvalue weighted by atomic mass is 9.75. The number of fused-ring (bicyclic) bond motifs is 12. The largest absolute Gasteiger partial charge is 0.456 e. The van der Waals surface area contributed by atoms with Crippen molar-refractivity contribution in [2.24, 2.45) is 0 Å². The molecule has 282 valence electrons. The van der Waals surface area contributed by atoms with E-state index in [9.17, 15) is 0 Å². The van der Waals surface area contributed by atoms with E-state index in [0.29, 0.717) is 0 Å². The summed E-state index contributed by atoms with van der Waals surface area (Å²) in [6.45, 7) is 0. The standard InChI is InChI=1S/C57H38N2O/c1-2-14-41(15-3-1)59-53-20-10-7-17-47(53)48-29-24-38(32-54(48)59)37-22-25-42(26-23-37)58(43-28-31-56-50(33-43)49-18-8-11-21-55(49)60-56)44-27-30-46-45-16-6-9-19-51(45)57(52(46)34-44)35-39-12-4-5-13-40(39)36-57/h1-34H,35-36H2. The Morgan fingerprint density at radius 2 is 1.02 bits per heavy atom. The van der Waals surface area contributed by atoms with Crippen LogP contribution in [0.2, 0.25) is 0 Å². The number of aromatic nitrogens is 1. The van der Waals surface area contributed by atoms with E-state index in [-0.39, 0.29) is 5.41 Å². The molecular weight excluding hydrogens is 729 g/mol. The lowest BCUT2D eigenvalue weighted by molar-refractivity contribution is 0.563. The summed E-state index contributed by atoms with van der Waals surface area (Å²) < 4.78 is 8.71. The van der Waals surface area contributed by atoms with Gasteiger partial charge in [0.2, 0.25) is 0 Å². The Bertz CT molecular complexity index is 3470. The van der Waals surface area contributed by atoms with E-state index in [1.54, 1.807) is 0 Å². The molecule has 2 aliphatic carbocycles. The Labute approximate surface area is 348 Å². The summed E-state index contributed by atoms with van der Waals surface area (Å²) in [7, 11) is 0. The summed E-state index contributed by atoms with van der Waals surface area (Å²) in [6, 6.07) is 75.7. The van der Waals surface area contributed by atoms with E-state index in [4.69, 9.17) is 4.42 Å². The third-order valence-corrected chi connectivity index (χ3v) is 13.4. The van der Waals surface area contributed by atoms with E-state index in [1.807, 2.05) is 6.07 Å². The monoisotopic (exact) mass is 766 g/mol. The predicted octanol–water partition coefficient (Wildman–Crippen LogP) is 14.9. The number of hydrogen-bond donors (Lipinski definition) is 0. The van der Waals surface area contributed by atoms with Crippen LogP contribution in [0.1, 0.15) is 22.3 Å². The van der Waals surface area contributed by atoms with Crippen molar-refractivity contribution >= 4 is 60.8 Å². The average Bonchev–Trinajstić information content (AvgIpc) is 4.05. The Hall–Kier alpha value is -7.62. The Balaban J connectivity index is 0.969. The van der Waals surface area contributed by atoms with Gasteiger partial charge in [-0.1, -0.05) is 133 Å². The third kappa shape index (κ3) is 4.84. The topological polar surface area (TPSA) is 21.3 Å². The maximum absolute atomic E-state index is 6.32. The summed E-state index contributed by atoms with van der Waals surface area (Å²) in [5, 5.41) is 4.75. The van der Waals surface area contributed by atoms with Crippen molar-refractivity contribution < 1.29 is 4.42 Å². The fourth-order valence-electron chi connectivity index (χ4n) is 10.7. The van der Waals surface area contributed by atoms with E-state index >= 15 is 0 Å². The molecule has 9 aromatic carbocycles. The molecule has 0 bridgehead atoms. The van der Waals surface area contributed by atoms with Crippen molar-refractivity contribution in [1.29, 1.82) is 0 Å². The Morgan fingerprint density at radius 1 is 0.400 bits per heavy atom. The van der Waals surface area contributed by atoms with E-state index in [1.165, 1.54) is 66.3 Å². The highest BCUT2D eigenvalue weighted by Gasteiger charge is 2.47. The first-order chi connectivity index (χ1) is 29.7. The van der Waals surface area contributed by atoms with Gasteiger partial charge in [0.05, 0.1) is 11.0 Å². The number of rotatable bonds is 5. The van der Waals surface area contributed by atoms with Gasteiger partial charge in [0.25, 0.3) is 0 Å². The molecule has 0 fully saturated rings. The molecule has 0 amide bonds. The number of nitrogens with zero attached hydrogens (tertiary/aromatic N) is 2. The van der Waals surface area contributed by atoms with Gasteiger partial charge in [0, 0.05) is 49.7 Å². The molecule has 2 aliphatic rings. The quantitative estimate of drug-likeness (QED) is 0.174. The zero-order valence-electron chi connectivity index (χ0n) is 32.8. The Kier molecular flexibility index (Phi) is 7.06. The first-order valence-electron chi connectivity index (χ1n) is 20.9. The van der Waals surface area contributed by atoms with Gasteiger partial charge in [-0.05, 0) is 130 Å². The summed E-state index contributed by atoms with van der Waals surface area (Å²) in [5.41, 5.74) is 19.4. The predicted molar refractivity (Wildman–Crippen MR) is 248 cm³/mol. The molecule has 0 saturated heterocycles. The van der Waals surface area contributed by atoms with Crippen molar-refractivity contribution in [2.45, 2.75) is 18.3 Å². The lowest BCUT2D eigenvalue weighted by Crippen LogP contribution is -2.26. The van der Waals surface area contributed by atoms with Gasteiger partial charge in [-0.15, -0.1) is 0 Å². The van der Waals surface area contributed by atoms with Crippen LogP contribution in [0.3, 0.4) is 0 Å². The second kappa shape index (κ2) is 12.7. The normalized spacial score (nSPS) is 13.7. The molecule has 0 saturated carbocycles. The molecule has 13 rings (SSSR count). The van der Waals surface area contributed by atoms with Gasteiger partial charge >= 0.3 is 0 Å². The van der Waals surface area contributed by atoms with Crippen LogP contribution < -0.4 is 4.90 Å². The fraction of sp³-hybridized carbons (Fsp3) is 0.0526.